The van der Waals surface area contributed by atoms with Crippen LogP contribution in [0.1, 0.15) is 24.0 Å². The molecular formula is C20H22N2O3. The number of nitrogens with zero attached hydrogens (tertiary/aromatic N) is 1. The van der Waals surface area contributed by atoms with Gasteiger partial charge in [-0.05, 0) is 55.7 Å². The van der Waals surface area contributed by atoms with Gasteiger partial charge in [0, 0.05) is 13.0 Å². The Balaban J connectivity index is 1.66. The molecule has 0 bridgehead atoms. The van der Waals surface area contributed by atoms with Crippen LogP contribution in [-0.2, 0) is 9.59 Å². The Morgan fingerprint density at radius 2 is 1.88 bits per heavy atom. The van der Waals surface area contributed by atoms with E-state index in [0.717, 1.165) is 23.2 Å². The van der Waals surface area contributed by atoms with E-state index in [-0.39, 0.29) is 18.4 Å². The molecule has 25 heavy (non-hydrogen) atoms. The third kappa shape index (κ3) is 4.18. The number of amides is 2. The predicted octanol–water partition coefficient (Wildman–Crippen LogP) is 3.45. The van der Waals surface area contributed by atoms with E-state index in [1.807, 2.05) is 44.2 Å². The second kappa shape index (κ2) is 7.38. The number of para-hydroxylation sites is 2. The minimum absolute atomic E-state index is 0.0782. The summed E-state index contributed by atoms with van der Waals surface area (Å²) in [6.45, 7) is 4.59. The van der Waals surface area contributed by atoms with Gasteiger partial charge < -0.3 is 15.0 Å². The van der Waals surface area contributed by atoms with Crippen molar-refractivity contribution in [2.24, 2.45) is 0 Å². The van der Waals surface area contributed by atoms with Crippen molar-refractivity contribution < 1.29 is 14.3 Å². The van der Waals surface area contributed by atoms with Gasteiger partial charge in [-0.2, -0.15) is 0 Å². The van der Waals surface area contributed by atoms with Crippen LogP contribution in [0.3, 0.4) is 0 Å². The van der Waals surface area contributed by atoms with E-state index in [1.165, 1.54) is 0 Å². The highest BCUT2D eigenvalue weighted by Crippen LogP contribution is 2.29. The summed E-state index contributed by atoms with van der Waals surface area (Å²) in [6, 6.07) is 13.2. The lowest BCUT2D eigenvalue weighted by atomic mass is 10.1. The van der Waals surface area contributed by atoms with E-state index in [0.29, 0.717) is 24.4 Å². The van der Waals surface area contributed by atoms with Crippen molar-refractivity contribution in [1.29, 1.82) is 0 Å². The SMILES string of the molecule is Cc1cc(C)cc(OCC(=O)Nc2ccccc2N2CCCC2=O)c1. The van der Waals surface area contributed by atoms with Crippen molar-refractivity contribution in [3.63, 3.8) is 0 Å². The lowest BCUT2D eigenvalue weighted by Crippen LogP contribution is -2.26. The molecule has 1 saturated heterocycles. The molecule has 2 amide bonds. The highest BCUT2D eigenvalue weighted by molar-refractivity contribution is 6.02. The lowest BCUT2D eigenvalue weighted by molar-refractivity contribution is -0.118. The molecule has 5 heteroatoms. The van der Waals surface area contributed by atoms with Gasteiger partial charge in [-0.1, -0.05) is 18.2 Å². The summed E-state index contributed by atoms with van der Waals surface area (Å²) in [5, 5.41) is 2.85. The number of hydrogen-bond acceptors (Lipinski definition) is 3. The van der Waals surface area contributed by atoms with E-state index in [2.05, 4.69) is 11.4 Å². The molecule has 0 aliphatic carbocycles. The number of aryl methyl sites for hydroxylation is 2. The molecule has 1 fully saturated rings. The van der Waals surface area contributed by atoms with E-state index < -0.39 is 0 Å². The van der Waals surface area contributed by atoms with Crippen molar-refractivity contribution in [3.05, 3.63) is 53.6 Å². The average Bonchev–Trinajstić information content (AvgIpc) is 2.98. The van der Waals surface area contributed by atoms with Crippen LogP contribution in [0.15, 0.2) is 42.5 Å². The van der Waals surface area contributed by atoms with Crippen LogP contribution in [-0.4, -0.2) is 25.0 Å². The monoisotopic (exact) mass is 338 g/mol. The van der Waals surface area contributed by atoms with Gasteiger partial charge in [0.15, 0.2) is 6.61 Å². The number of anilines is 2. The summed E-state index contributed by atoms with van der Waals surface area (Å²) >= 11 is 0. The highest BCUT2D eigenvalue weighted by Gasteiger charge is 2.24. The second-order valence-electron chi connectivity index (χ2n) is 6.33. The van der Waals surface area contributed by atoms with Gasteiger partial charge in [0.2, 0.25) is 5.91 Å². The minimum Gasteiger partial charge on any atom is -0.484 e. The molecule has 0 atom stereocenters. The summed E-state index contributed by atoms with van der Waals surface area (Å²) in [7, 11) is 0. The van der Waals surface area contributed by atoms with Gasteiger partial charge >= 0.3 is 0 Å². The maximum Gasteiger partial charge on any atom is 0.262 e. The van der Waals surface area contributed by atoms with Crippen LogP contribution in [0.5, 0.6) is 5.75 Å². The van der Waals surface area contributed by atoms with Crippen LogP contribution in [0.2, 0.25) is 0 Å². The first kappa shape index (κ1) is 17.0. The quantitative estimate of drug-likeness (QED) is 0.908. The van der Waals surface area contributed by atoms with Gasteiger partial charge in [-0.25, -0.2) is 0 Å². The van der Waals surface area contributed by atoms with Crippen molar-refractivity contribution in [1.82, 2.24) is 0 Å². The Hall–Kier alpha value is -2.82. The van der Waals surface area contributed by atoms with Crippen LogP contribution >= 0.6 is 0 Å². The molecule has 0 saturated carbocycles. The molecule has 0 spiro atoms. The van der Waals surface area contributed by atoms with Crippen molar-refractivity contribution in [2.75, 3.05) is 23.4 Å². The summed E-state index contributed by atoms with van der Waals surface area (Å²) in [5.74, 6) is 0.516. The fourth-order valence-corrected chi connectivity index (χ4v) is 3.07. The second-order valence-corrected chi connectivity index (χ2v) is 6.33. The summed E-state index contributed by atoms with van der Waals surface area (Å²) in [6.07, 6.45) is 1.40. The summed E-state index contributed by atoms with van der Waals surface area (Å²) in [4.78, 5) is 26.0. The maximum absolute atomic E-state index is 12.3. The zero-order valence-corrected chi connectivity index (χ0v) is 14.5. The summed E-state index contributed by atoms with van der Waals surface area (Å²) < 4.78 is 5.60. The molecule has 130 valence electrons. The van der Waals surface area contributed by atoms with Gasteiger partial charge in [0.1, 0.15) is 5.75 Å². The molecule has 1 aliphatic heterocycles. The van der Waals surface area contributed by atoms with Crippen molar-refractivity contribution >= 4 is 23.2 Å². The number of hydrogen-bond donors (Lipinski definition) is 1. The van der Waals surface area contributed by atoms with Crippen molar-refractivity contribution in [3.8, 4) is 5.75 Å². The van der Waals surface area contributed by atoms with E-state index in [4.69, 9.17) is 4.74 Å². The van der Waals surface area contributed by atoms with Crippen LogP contribution < -0.4 is 15.0 Å². The Bertz CT molecular complexity index is 781. The topological polar surface area (TPSA) is 58.6 Å². The number of carbonyl (C=O) groups excluding carboxylic acids is 2. The molecule has 5 nitrogen and oxygen atoms in total. The van der Waals surface area contributed by atoms with Gasteiger partial charge in [-0.15, -0.1) is 0 Å². The third-order valence-corrected chi connectivity index (χ3v) is 4.11. The highest BCUT2D eigenvalue weighted by atomic mass is 16.5. The van der Waals surface area contributed by atoms with Crippen LogP contribution in [0.25, 0.3) is 0 Å². The van der Waals surface area contributed by atoms with Gasteiger partial charge in [0.05, 0.1) is 11.4 Å². The molecule has 3 rings (SSSR count). The Morgan fingerprint density at radius 1 is 1.16 bits per heavy atom. The third-order valence-electron chi connectivity index (χ3n) is 4.11. The van der Waals surface area contributed by atoms with Gasteiger partial charge in [0.25, 0.3) is 5.91 Å². The molecule has 0 aromatic heterocycles. The average molecular weight is 338 g/mol. The molecule has 2 aromatic carbocycles. The van der Waals surface area contributed by atoms with Crippen LogP contribution in [0, 0.1) is 13.8 Å². The molecule has 1 heterocycles. The van der Waals surface area contributed by atoms with E-state index in [1.54, 1.807) is 11.0 Å². The van der Waals surface area contributed by atoms with E-state index >= 15 is 0 Å². The molecular weight excluding hydrogens is 316 g/mol. The lowest BCUT2D eigenvalue weighted by Gasteiger charge is -2.20. The molecule has 2 aromatic rings. The molecule has 0 radical (unpaired) electrons. The molecule has 1 N–H and O–H groups in total. The van der Waals surface area contributed by atoms with E-state index in [9.17, 15) is 9.59 Å². The fourth-order valence-electron chi connectivity index (χ4n) is 3.07. The number of rotatable bonds is 5. The predicted molar refractivity (Wildman–Crippen MR) is 98.1 cm³/mol. The number of ether oxygens (including phenoxy) is 1. The standard InChI is InChI=1S/C20H22N2O3/c1-14-10-15(2)12-16(11-14)25-13-19(23)21-17-6-3-4-7-18(17)22-9-5-8-20(22)24/h3-4,6-7,10-12H,5,8-9,13H2,1-2H3,(H,21,23). The van der Waals surface area contributed by atoms with Gasteiger partial charge in [-0.3, -0.25) is 9.59 Å². The zero-order chi connectivity index (χ0) is 17.8. The fraction of sp³-hybridized carbons (Fsp3) is 0.300. The smallest absolute Gasteiger partial charge is 0.262 e. The first-order chi connectivity index (χ1) is 12.0. The first-order valence-corrected chi connectivity index (χ1v) is 8.43. The molecule has 0 unspecified atom stereocenters. The van der Waals surface area contributed by atoms with Crippen LogP contribution in [0.4, 0.5) is 11.4 Å². The van der Waals surface area contributed by atoms with Crippen molar-refractivity contribution in [2.45, 2.75) is 26.7 Å². The summed E-state index contributed by atoms with van der Waals surface area (Å²) in [5.41, 5.74) is 3.55. The Labute approximate surface area is 147 Å². The largest absolute Gasteiger partial charge is 0.484 e. The Kier molecular flexibility index (Phi) is 5.03. The number of benzene rings is 2. The first-order valence-electron chi connectivity index (χ1n) is 8.43. The number of carbonyl (C=O) groups is 2. The Morgan fingerprint density at radius 3 is 2.56 bits per heavy atom. The normalized spacial score (nSPS) is 13.8. The number of nitrogens with one attached hydrogen (secondary N) is 1. The zero-order valence-electron chi connectivity index (χ0n) is 14.5. The minimum atomic E-state index is -0.252. The molecule has 1 aliphatic rings. The maximum atomic E-state index is 12.3.